The molecule has 69 valence electrons. The van der Waals surface area contributed by atoms with Gasteiger partial charge in [-0.15, -0.1) is 0 Å². The Morgan fingerprint density at radius 1 is 1.43 bits per heavy atom. The number of nitrogens with one attached hydrogen (secondary N) is 1. The second kappa shape index (κ2) is 3.95. The van der Waals surface area contributed by atoms with Gasteiger partial charge in [0.2, 0.25) is 0 Å². The molecule has 2 rings (SSSR count). The number of benzene rings is 1. The first-order valence-electron chi connectivity index (χ1n) is 4.34. The number of nitrogens with zero attached hydrogens (tertiary/aromatic N) is 1. The molecule has 0 aliphatic carbocycles. The van der Waals surface area contributed by atoms with Gasteiger partial charge in [0.15, 0.2) is 0 Å². The molecule has 0 saturated heterocycles. The molecule has 0 fully saturated rings. The van der Waals surface area contributed by atoms with Crippen molar-refractivity contribution in [1.82, 2.24) is 0 Å². The van der Waals surface area contributed by atoms with Crippen LogP contribution in [0.15, 0.2) is 23.2 Å². The molecule has 0 saturated carbocycles. The molecule has 0 spiro atoms. The van der Waals surface area contributed by atoms with E-state index in [-0.39, 0.29) is 0 Å². The zero-order valence-electron chi connectivity index (χ0n) is 7.62. The molecule has 1 aromatic carbocycles. The van der Waals surface area contributed by atoms with E-state index in [4.69, 9.17) is 5.73 Å². The van der Waals surface area contributed by atoms with Gasteiger partial charge in [0.05, 0.1) is 12.9 Å². The third-order valence-corrected chi connectivity index (χ3v) is 1.89. The van der Waals surface area contributed by atoms with Crippen LogP contribution in [0.25, 0.3) is 0 Å². The SMILES string of the molecule is NCC#Cc1ccc2c(c1)[CH]N=CN2. The van der Waals surface area contributed by atoms with Gasteiger partial charge in [-0.3, -0.25) is 4.99 Å². The molecule has 0 bridgehead atoms. The Hall–Kier alpha value is -1.79. The van der Waals surface area contributed by atoms with E-state index in [1.54, 1.807) is 12.9 Å². The molecule has 1 heterocycles. The number of anilines is 1. The zero-order valence-corrected chi connectivity index (χ0v) is 7.62. The number of aliphatic imine (C=N–C) groups is 1. The number of hydrogen-bond acceptors (Lipinski definition) is 3. The van der Waals surface area contributed by atoms with E-state index in [0.29, 0.717) is 6.54 Å². The summed E-state index contributed by atoms with van der Waals surface area (Å²) in [5, 5.41) is 3.05. The van der Waals surface area contributed by atoms with Crippen LogP contribution in [0.5, 0.6) is 0 Å². The monoisotopic (exact) mass is 184 g/mol. The molecule has 1 radical (unpaired) electrons. The lowest BCUT2D eigenvalue weighted by Crippen LogP contribution is -2.03. The van der Waals surface area contributed by atoms with E-state index >= 15 is 0 Å². The molecule has 3 nitrogen and oxygen atoms in total. The van der Waals surface area contributed by atoms with E-state index < -0.39 is 0 Å². The Bertz CT molecular complexity index is 424. The molecule has 14 heavy (non-hydrogen) atoms. The van der Waals surface area contributed by atoms with Crippen LogP contribution < -0.4 is 11.1 Å². The van der Waals surface area contributed by atoms with Crippen molar-refractivity contribution in [2.75, 3.05) is 11.9 Å². The number of nitrogens with two attached hydrogens (primary N) is 1. The standard InChI is InChI=1S/C11H10N3/c12-5-1-2-9-3-4-11-10(6-9)7-13-8-14-11/h3-4,6-8H,5,12H2,(H,13,14). The van der Waals surface area contributed by atoms with Gasteiger partial charge in [0.1, 0.15) is 6.54 Å². The van der Waals surface area contributed by atoms with Crippen LogP contribution in [0.4, 0.5) is 5.69 Å². The summed E-state index contributed by atoms with van der Waals surface area (Å²) in [5.41, 5.74) is 8.37. The van der Waals surface area contributed by atoms with Gasteiger partial charge < -0.3 is 11.1 Å². The fourth-order valence-corrected chi connectivity index (χ4v) is 1.26. The number of rotatable bonds is 0. The average molecular weight is 184 g/mol. The van der Waals surface area contributed by atoms with E-state index in [0.717, 1.165) is 16.8 Å². The van der Waals surface area contributed by atoms with Crippen molar-refractivity contribution >= 4 is 12.0 Å². The summed E-state index contributed by atoms with van der Waals surface area (Å²) < 4.78 is 0. The van der Waals surface area contributed by atoms with Gasteiger partial charge in [0.25, 0.3) is 0 Å². The first-order valence-corrected chi connectivity index (χ1v) is 4.34. The minimum absolute atomic E-state index is 0.386. The van der Waals surface area contributed by atoms with Crippen LogP contribution in [0, 0.1) is 18.4 Å². The number of fused-ring (bicyclic) bond motifs is 1. The lowest BCUT2D eigenvalue weighted by molar-refractivity contribution is 1.29. The van der Waals surface area contributed by atoms with Gasteiger partial charge in [-0.25, -0.2) is 0 Å². The second-order valence-corrected chi connectivity index (χ2v) is 2.86. The molecular formula is C11H10N3. The molecule has 1 aliphatic rings. The summed E-state index contributed by atoms with van der Waals surface area (Å²) >= 11 is 0. The molecule has 3 heteroatoms. The third-order valence-electron chi connectivity index (χ3n) is 1.89. The molecule has 1 aromatic rings. The maximum atomic E-state index is 5.30. The normalized spacial score (nSPS) is 12.4. The average Bonchev–Trinajstić information content (AvgIpc) is 2.26. The third kappa shape index (κ3) is 1.76. The maximum Gasteiger partial charge on any atom is 0.105 e. The Labute approximate surface area is 83.0 Å². The smallest absolute Gasteiger partial charge is 0.105 e. The van der Waals surface area contributed by atoms with Crippen LogP contribution >= 0.6 is 0 Å². The molecule has 0 aromatic heterocycles. The maximum absolute atomic E-state index is 5.30. The summed E-state index contributed by atoms with van der Waals surface area (Å²) in [6, 6.07) is 5.93. The lowest BCUT2D eigenvalue weighted by atomic mass is 10.1. The molecule has 0 unspecified atom stereocenters. The van der Waals surface area contributed by atoms with E-state index in [9.17, 15) is 0 Å². The van der Waals surface area contributed by atoms with E-state index in [2.05, 4.69) is 22.2 Å². The summed E-state index contributed by atoms with van der Waals surface area (Å²) in [7, 11) is 0. The fourth-order valence-electron chi connectivity index (χ4n) is 1.26. The van der Waals surface area contributed by atoms with Crippen molar-refractivity contribution in [3.05, 3.63) is 35.9 Å². The Balaban J connectivity index is 2.31. The summed E-state index contributed by atoms with van der Waals surface area (Å²) in [6.45, 7) is 2.19. The molecule has 0 amide bonds. The minimum atomic E-state index is 0.386. The van der Waals surface area contributed by atoms with Crippen LogP contribution in [0.1, 0.15) is 11.1 Å². The molecule has 1 aliphatic heterocycles. The van der Waals surface area contributed by atoms with Crippen LogP contribution in [-0.2, 0) is 0 Å². The molecule has 3 N–H and O–H groups in total. The van der Waals surface area contributed by atoms with Gasteiger partial charge in [-0.1, -0.05) is 11.8 Å². The molecule has 0 atom stereocenters. The van der Waals surface area contributed by atoms with Crippen molar-refractivity contribution in [1.29, 1.82) is 0 Å². The second-order valence-electron chi connectivity index (χ2n) is 2.86. The fraction of sp³-hybridized carbons (Fsp3) is 0.0909. The first kappa shape index (κ1) is 8.79. The van der Waals surface area contributed by atoms with Crippen molar-refractivity contribution in [2.24, 2.45) is 10.7 Å². The van der Waals surface area contributed by atoms with Gasteiger partial charge in [-0.05, 0) is 18.2 Å². The highest BCUT2D eigenvalue weighted by Gasteiger charge is 2.04. The Morgan fingerprint density at radius 3 is 3.21 bits per heavy atom. The van der Waals surface area contributed by atoms with E-state index in [1.165, 1.54) is 0 Å². The highest BCUT2D eigenvalue weighted by molar-refractivity contribution is 5.81. The molecular weight excluding hydrogens is 174 g/mol. The highest BCUT2D eigenvalue weighted by Crippen LogP contribution is 2.21. The van der Waals surface area contributed by atoms with Gasteiger partial charge >= 0.3 is 0 Å². The van der Waals surface area contributed by atoms with Crippen LogP contribution in [-0.4, -0.2) is 12.9 Å². The van der Waals surface area contributed by atoms with E-state index in [1.807, 2.05) is 18.2 Å². The Kier molecular flexibility index (Phi) is 2.48. The summed E-state index contributed by atoms with van der Waals surface area (Å²) in [6.07, 6.45) is 1.66. The van der Waals surface area contributed by atoms with Crippen molar-refractivity contribution in [2.45, 2.75) is 0 Å². The first-order chi connectivity index (χ1) is 6.90. The highest BCUT2D eigenvalue weighted by atomic mass is 15.0. The quantitative estimate of drug-likeness (QED) is 0.590. The topological polar surface area (TPSA) is 50.4 Å². The van der Waals surface area contributed by atoms with Crippen molar-refractivity contribution in [3.8, 4) is 11.8 Å². The van der Waals surface area contributed by atoms with Crippen molar-refractivity contribution in [3.63, 3.8) is 0 Å². The zero-order chi connectivity index (χ0) is 9.80. The largest absolute Gasteiger partial charge is 0.346 e. The number of hydrogen-bond donors (Lipinski definition) is 2. The summed E-state index contributed by atoms with van der Waals surface area (Å²) in [4.78, 5) is 4.01. The Morgan fingerprint density at radius 2 is 2.36 bits per heavy atom. The van der Waals surface area contributed by atoms with Gasteiger partial charge in [-0.2, -0.15) is 0 Å². The van der Waals surface area contributed by atoms with Crippen molar-refractivity contribution < 1.29 is 0 Å². The lowest BCUT2D eigenvalue weighted by Gasteiger charge is -2.11. The van der Waals surface area contributed by atoms with Crippen LogP contribution in [0.3, 0.4) is 0 Å². The summed E-state index contributed by atoms with van der Waals surface area (Å²) in [5.74, 6) is 5.80. The predicted molar refractivity (Wildman–Crippen MR) is 57.9 cm³/mol. The van der Waals surface area contributed by atoms with Crippen LogP contribution in [0.2, 0.25) is 0 Å². The minimum Gasteiger partial charge on any atom is -0.346 e. The predicted octanol–water partition coefficient (Wildman–Crippen LogP) is 0.960. The van der Waals surface area contributed by atoms with Gasteiger partial charge in [0, 0.05) is 16.8 Å².